The molecule has 7 nitrogen and oxygen atoms in total. The van der Waals surface area contributed by atoms with E-state index in [1.165, 1.54) is 0 Å². The minimum atomic E-state index is -0.975. The van der Waals surface area contributed by atoms with Crippen molar-refractivity contribution < 1.29 is 4.92 Å². The fraction of sp³-hybridized carbons (Fsp3) is 0.429. The van der Waals surface area contributed by atoms with Gasteiger partial charge in [-0.25, -0.2) is 4.79 Å². The molecule has 0 radical (unpaired) electrons. The quantitative estimate of drug-likeness (QED) is 0.536. The maximum Gasteiger partial charge on any atom is 0.350 e. The van der Waals surface area contributed by atoms with E-state index in [0.717, 1.165) is 10.8 Å². The fourth-order valence-electron chi connectivity index (χ4n) is 0.988. The molecule has 0 saturated carbocycles. The zero-order valence-corrected chi connectivity index (χ0v) is 7.68. The Balaban J connectivity index is 3.51. The molecular formula is C7H9N3O4. The third-order valence-electron chi connectivity index (χ3n) is 1.70. The number of hydrogen-bond acceptors (Lipinski definition) is 4. The monoisotopic (exact) mass is 199 g/mol. The standard InChI is InChI=1S/C7H9N3O4/c1-4(2)9-3-5(10(13)14)6(11)8-7(9)12/h3-4H,1-2H3,(H,8,11,12). The molecule has 0 aliphatic heterocycles. The van der Waals surface area contributed by atoms with Crippen LogP contribution in [0.5, 0.6) is 0 Å². The van der Waals surface area contributed by atoms with Crippen molar-refractivity contribution in [2.75, 3.05) is 0 Å². The summed E-state index contributed by atoms with van der Waals surface area (Å²) in [6, 6.07) is -0.238. The van der Waals surface area contributed by atoms with Crippen molar-refractivity contribution in [3.05, 3.63) is 37.1 Å². The van der Waals surface area contributed by atoms with Gasteiger partial charge in [-0.2, -0.15) is 0 Å². The van der Waals surface area contributed by atoms with Crippen molar-refractivity contribution in [3.8, 4) is 0 Å². The topological polar surface area (TPSA) is 98.0 Å². The summed E-state index contributed by atoms with van der Waals surface area (Å²) >= 11 is 0. The molecule has 1 heterocycles. The van der Waals surface area contributed by atoms with E-state index in [-0.39, 0.29) is 6.04 Å². The molecule has 0 fully saturated rings. The van der Waals surface area contributed by atoms with Gasteiger partial charge >= 0.3 is 16.9 Å². The highest BCUT2D eigenvalue weighted by atomic mass is 16.6. The van der Waals surface area contributed by atoms with Crippen LogP contribution in [0.25, 0.3) is 0 Å². The van der Waals surface area contributed by atoms with Gasteiger partial charge in [0.15, 0.2) is 0 Å². The highest BCUT2D eigenvalue weighted by molar-refractivity contribution is 5.20. The van der Waals surface area contributed by atoms with Crippen molar-refractivity contribution in [1.29, 1.82) is 0 Å². The molecule has 1 rings (SSSR count). The number of H-pyrrole nitrogens is 1. The van der Waals surface area contributed by atoms with Crippen LogP contribution in [-0.2, 0) is 0 Å². The van der Waals surface area contributed by atoms with Crippen molar-refractivity contribution in [1.82, 2.24) is 9.55 Å². The largest absolute Gasteiger partial charge is 0.350 e. The second-order valence-corrected chi connectivity index (χ2v) is 3.03. The SMILES string of the molecule is CC(C)n1cc([N+](=O)[O-])c(=O)[nH]c1=O. The Bertz CT molecular complexity index is 471. The van der Waals surface area contributed by atoms with Crippen molar-refractivity contribution in [2.45, 2.75) is 19.9 Å². The number of aromatic amines is 1. The highest BCUT2D eigenvalue weighted by Crippen LogP contribution is 2.04. The van der Waals surface area contributed by atoms with Gasteiger partial charge in [0.25, 0.3) is 0 Å². The first-order chi connectivity index (χ1) is 6.43. The minimum absolute atomic E-state index is 0.238. The summed E-state index contributed by atoms with van der Waals surface area (Å²) in [7, 11) is 0. The maximum atomic E-state index is 11.1. The molecule has 1 N–H and O–H groups in total. The Labute approximate surface area is 78.2 Å². The van der Waals surface area contributed by atoms with Crippen LogP contribution < -0.4 is 11.2 Å². The van der Waals surface area contributed by atoms with Gasteiger partial charge < -0.3 is 0 Å². The maximum absolute atomic E-state index is 11.1. The molecule has 76 valence electrons. The van der Waals surface area contributed by atoms with Crippen molar-refractivity contribution >= 4 is 5.69 Å². The van der Waals surface area contributed by atoms with Gasteiger partial charge in [-0.05, 0) is 13.8 Å². The van der Waals surface area contributed by atoms with Crippen LogP contribution in [0.3, 0.4) is 0 Å². The Morgan fingerprint density at radius 1 is 1.50 bits per heavy atom. The summed E-state index contributed by atoms with van der Waals surface area (Å²) < 4.78 is 1.10. The van der Waals surface area contributed by atoms with Crippen LogP contribution in [0.2, 0.25) is 0 Å². The van der Waals surface area contributed by atoms with Gasteiger partial charge in [-0.15, -0.1) is 0 Å². The molecule has 0 unspecified atom stereocenters. The Hall–Kier alpha value is -1.92. The predicted octanol–water partition coefficient (Wildman–Crippen LogP) is 0.0257. The third kappa shape index (κ3) is 1.70. The minimum Gasteiger partial charge on any atom is -0.291 e. The molecule has 0 aromatic carbocycles. The molecule has 0 saturated heterocycles. The zero-order chi connectivity index (χ0) is 10.9. The molecule has 0 aliphatic carbocycles. The lowest BCUT2D eigenvalue weighted by molar-refractivity contribution is -0.386. The Morgan fingerprint density at radius 3 is 2.50 bits per heavy atom. The van der Waals surface area contributed by atoms with E-state index in [2.05, 4.69) is 0 Å². The van der Waals surface area contributed by atoms with Gasteiger partial charge in [0, 0.05) is 6.04 Å². The van der Waals surface area contributed by atoms with E-state index < -0.39 is 21.9 Å². The Morgan fingerprint density at radius 2 is 2.07 bits per heavy atom. The molecule has 7 heteroatoms. The molecule has 1 aromatic heterocycles. The lowest BCUT2D eigenvalue weighted by Crippen LogP contribution is -2.31. The van der Waals surface area contributed by atoms with Crippen LogP contribution in [-0.4, -0.2) is 14.5 Å². The van der Waals surface area contributed by atoms with Crippen LogP contribution >= 0.6 is 0 Å². The first-order valence-electron chi connectivity index (χ1n) is 3.93. The molecular weight excluding hydrogens is 190 g/mol. The average Bonchev–Trinajstić information content (AvgIpc) is 2.02. The van der Waals surface area contributed by atoms with E-state index in [0.29, 0.717) is 0 Å². The predicted molar refractivity (Wildman–Crippen MR) is 48.4 cm³/mol. The number of rotatable bonds is 2. The van der Waals surface area contributed by atoms with Gasteiger partial charge in [-0.1, -0.05) is 0 Å². The lowest BCUT2D eigenvalue weighted by atomic mass is 10.4. The van der Waals surface area contributed by atoms with Crippen LogP contribution in [0.1, 0.15) is 19.9 Å². The molecule has 0 bridgehead atoms. The number of aromatic nitrogens is 2. The normalized spacial score (nSPS) is 10.5. The Kier molecular flexibility index (Phi) is 2.50. The highest BCUT2D eigenvalue weighted by Gasteiger charge is 2.15. The number of nitrogens with one attached hydrogen (secondary N) is 1. The summed E-state index contributed by atoms with van der Waals surface area (Å²) in [4.78, 5) is 33.5. The zero-order valence-electron chi connectivity index (χ0n) is 7.68. The molecule has 0 aliphatic rings. The van der Waals surface area contributed by atoms with Crippen LogP contribution in [0, 0.1) is 10.1 Å². The summed E-state index contributed by atoms with van der Waals surface area (Å²) in [5, 5.41) is 10.4. The number of hydrogen-bond donors (Lipinski definition) is 1. The average molecular weight is 199 g/mol. The molecule has 14 heavy (non-hydrogen) atoms. The van der Waals surface area contributed by atoms with Crippen molar-refractivity contribution in [2.24, 2.45) is 0 Å². The summed E-state index contributed by atoms with van der Waals surface area (Å²) in [5.74, 6) is 0. The second kappa shape index (κ2) is 3.44. The van der Waals surface area contributed by atoms with E-state index >= 15 is 0 Å². The summed E-state index contributed by atoms with van der Waals surface area (Å²) in [5.41, 5.74) is -2.24. The molecule has 0 spiro atoms. The van der Waals surface area contributed by atoms with Gasteiger partial charge in [-0.3, -0.25) is 24.5 Å². The number of nitro groups is 1. The van der Waals surface area contributed by atoms with Crippen LogP contribution in [0.15, 0.2) is 15.8 Å². The van der Waals surface area contributed by atoms with E-state index in [4.69, 9.17) is 0 Å². The van der Waals surface area contributed by atoms with Crippen molar-refractivity contribution in [3.63, 3.8) is 0 Å². The fourth-order valence-corrected chi connectivity index (χ4v) is 0.988. The lowest BCUT2D eigenvalue weighted by Gasteiger charge is -2.06. The first kappa shape index (κ1) is 10.2. The van der Waals surface area contributed by atoms with E-state index in [1.54, 1.807) is 13.8 Å². The van der Waals surface area contributed by atoms with E-state index in [1.807, 2.05) is 4.98 Å². The summed E-state index contributed by atoms with van der Waals surface area (Å²) in [6.45, 7) is 3.37. The second-order valence-electron chi connectivity index (χ2n) is 3.03. The summed E-state index contributed by atoms with van der Waals surface area (Å²) in [6.07, 6.45) is 0.950. The van der Waals surface area contributed by atoms with Gasteiger partial charge in [0.05, 0.1) is 11.1 Å². The van der Waals surface area contributed by atoms with Gasteiger partial charge in [0.1, 0.15) is 0 Å². The van der Waals surface area contributed by atoms with Gasteiger partial charge in [0.2, 0.25) is 0 Å². The van der Waals surface area contributed by atoms with E-state index in [9.17, 15) is 19.7 Å². The number of nitrogens with zero attached hydrogens (tertiary/aromatic N) is 2. The molecule has 1 aromatic rings. The molecule has 0 amide bonds. The first-order valence-corrected chi connectivity index (χ1v) is 3.93. The molecule has 0 atom stereocenters. The smallest absolute Gasteiger partial charge is 0.291 e. The third-order valence-corrected chi connectivity index (χ3v) is 1.70. The van der Waals surface area contributed by atoms with Crippen LogP contribution in [0.4, 0.5) is 5.69 Å².